The van der Waals surface area contributed by atoms with Crippen molar-refractivity contribution in [2.24, 2.45) is 11.8 Å². The fourth-order valence-corrected chi connectivity index (χ4v) is 3.38. The molecule has 3 nitrogen and oxygen atoms in total. The van der Waals surface area contributed by atoms with E-state index in [1.807, 2.05) is 12.1 Å². The maximum atomic E-state index is 8.80. The van der Waals surface area contributed by atoms with E-state index in [0.717, 1.165) is 23.9 Å². The Labute approximate surface area is 108 Å². The highest BCUT2D eigenvalue weighted by Crippen LogP contribution is 2.33. The predicted octanol–water partition coefficient (Wildman–Crippen LogP) is 1.60. The lowest BCUT2D eigenvalue weighted by Crippen LogP contribution is -2.32. The van der Waals surface area contributed by atoms with E-state index in [1.54, 1.807) is 0 Å². The zero-order chi connectivity index (χ0) is 12.5. The van der Waals surface area contributed by atoms with Gasteiger partial charge in [-0.1, -0.05) is 12.1 Å². The molecule has 3 rings (SSSR count). The second kappa shape index (κ2) is 4.72. The molecule has 0 radical (unpaired) electrons. The van der Waals surface area contributed by atoms with Gasteiger partial charge < -0.3 is 5.32 Å². The van der Waals surface area contributed by atoms with Crippen LogP contribution in [0.2, 0.25) is 0 Å². The van der Waals surface area contributed by atoms with Gasteiger partial charge in [0.15, 0.2) is 0 Å². The zero-order valence-corrected chi connectivity index (χ0v) is 10.8. The van der Waals surface area contributed by atoms with Gasteiger partial charge in [0.25, 0.3) is 0 Å². The predicted molar refractivity (Wildman–Crippen MR) is 70.9 cm³/mol. The molecule has 0 aromatic heterocycles. The molecule has 1 aromatic rings. The molecule has 0 bridgehead atoms. The zero-order valence-electron chi connectivity index (χ0n) is 10.8. The third kappa shape index (κ3) is 2.03. The van der Waals surface area contributed by atoms with Gasteiger partial charge in [-0.3, -0.25) is 4.90 Å². The monoisotopic (exact) mass is 241 g/mol. The van der Waals surface area contributed by atoms with Gasteiger partial charge in [0.1, 0.15) is 0 Å². The van der Waals surface area contributed by atoms with Gasteiger partial charge >= 0.3 is 0 Å². The molecule has 0 saturated carbocycles. The molecule has 0 amide bonds. The molecule has 2 fully saturated rings. The maximum Gasteiger partial charge on any atom is 0.0991 e. The third-order valence-electron chi connectivity index (χ3n) is 4.53. The summed E-state index contributed by atoms with van der Waals surface area (Å²) in [4.78, 5) is 2.58. The largest absolute Gasteiger partial charge is 0.316 e. The first-order valence-corrected chi connectivity index (χ1v) is 6.72. The lowest BCUT2D eigenvalue weighted by Gasteiger charge is -2.24. The molecule has 3 heteroatoms. The molecule has 1 aromatic carbocycles. The van der Waals surface area contributed by atoms with Crippen molar-refractivity contribution in [3.8, 4) is 6.07 Å². The van der Waals surface area contributed by atoms with Crippen molar-refractivity contribution in [2.45, 2.75) is 19.5 Å². The summed E-state index contributed by atoms with van der Waals surface area (Å²) in [6.45, 7) is 6.93. The number of nitrogens with one attached hydrogen (secondary N) is 1. The number of fused-ring (bicyclic) bond motifs is 1. The van der Waals surface area contributed by atoms with Gasteiger partial charge in [0.2, 0.25) is 0 Å². The van der Waals surface area contributed by atoms with E-state index in [2.05, 4.69) is 35.3 Å². The fraction of sp³-hybridized carbons (Fsp3) is 0.533. The molecule has 94 valence electrons. The van der Waals surface area contributed by atoms with Gasteiger partial charge in [-0.2, -0.15) is 5.26 Å². The first kappa shape index (κ1) is 11.7. The number of rotatable bonds is 2. The first-order valence-electron chi connectivity index (χ1n) is 6.72. The van der Waals surface area contributed by atoms with E-state index in [1.165, 1.54) is 25.2 Å². The van der Waals surface area contributed by atoms with Crippen LogP contribution in [-0.4, -0.2) is 30.6 Å². The summed E-state index contributed by atoms with van der Waals surface area (Å²) in [6, 6.07) is 10.8. The average molecular weight is 241 g/mol. The number of hydrogen-bond acceptors (Lipinski definition) is 3. The lowest BCUT2D eigenvalue weighted by molar-refractivity contribution is 0.231. The van der Waals surface area contributed by atoms with Crippen LogP contribution in [0.15, 0.2) is 24.3 Å². The molecular weight excluding hydrogens is 222 g/mol. The lowest BCUT2D eigenvalue weighted by atomic mass is 9.95. The topological polar surface area (TPSA) is 39.1 Å². The normalized spacial score (nSPS) is 31.2. The first-order chi connectivity index (χ1) is 8.78. The minimum absolute atomic E-state index is 0.667. The van der Waals surface area contributed by atoms with Crippen molar-refractivity contribution in [3.63, 3.8) is 0 Å². The molecule has 3 atom stereocenters. The molecule has 2 saturated heterocycles. The summed E-state index contributed by atoms with van der Waals surface area (Å²) in [5.74, 6) is 1.65. The SMILES string of the molecule is CC1C2CNCC2CN1Cc1ccc(C#N)cc1. The minimum atomic E-state index is 0.667. The third-order valence-corrected chi connectivity index (χ3v) is 4.53. The van der Waals surface area contributed by atoms with Gasteiger partial charge in [-0.15, -0.1) is 0 Å². The standard InChI is InChI=1S/C15H19N3/c1-11-15-8-17-7-14(15)10-18(11)9-13-4-2-12(6-16)3-5-13/h2-5,11,14-15,17H,7-10H2,1H3. The van der Waals surface area contributed by atoms with Crippen LogP contribution < -0.4 is 5.32 Å². The number of hydrogen-bond donors (Lipinski definition) is 1. The van der Waals surface area contributed by atoms with Crippen LogP contribution in [0.25, 0.3) is 0 Å². The molecule has 0 aliphatic carbocycles. The molecule has 3 unspecified atom stereocenters. The van der Waals surface area contributed by atoms with Crippen LogP contribution in [0.1, 0.15) is 18.1 Å². The molecule has 18 heavy (non-hydrogen) atoms. The van der Waals surface area contributed by atoms with Crippen LogP contribution in [0.5, 0.6) is 0 Å². The summed E-state index contributed by atoms with van der Waals surface area (Å²) in [7, 11) is 0. The number of nitrogens with zero attached hydrogens (tertiary/aromatic N) is 2. The Bertz CT molecular complexity index is 460. The van der Waals surface area contributed by atoms with E-state index < -0.39 is 0 Å². The van der Waals surface area contributed by atoms with Crippen LogP contribution in [0, 0.1) is 23.2 Å². The molecule has 2 heterocycles. The minimum Gasteiger partial charge on any atom is -0.316 e. The van der Waals surface area contributed by atoms with Crippen molar-refractivity contribution < 1.29 is 0 Å². The van der Waals surface area contributed by atoms with Crippen molar-refractivity contribution in [1.82, 2.24) is 10.2 Å². The Morgan fingerprint density at radius 1 is 1.33 bits per heavy atom. The second-order valence-corrected chi connectivity index (χ2v) is 5.56. The summed E-state index contributed by atoms with van der Waals surface area (Å²) >= 11 is 0. The van der Waals surface area contributed by atoms with Crippen LogP contribution >= 0.6 is 0 Å². The summed E-state index contributed by atoms with van der Waals surface area (Å²) in [5.41, 5.74) is 2.06. The highest BCUT2D eigenvalue weighted by atomic mass is 15.2. The van der Waals surface area contributed by atoms with Crippen LogP contribution in [-0.2, 0) is 6.54 Å². The highest BCUT2D eigenvalue weighted by Gasteiger charge is 2.41. The Hall–Kier alpha value is -1.37. The summed E-state index contributed by atoms with van der Waals surface area (Å²) in [5, 5.41) is 12.3. The van der Waals surface area contributed by atoms with Gasteiger partial charge in [0.05, 0.1) is 11.6 Å². The summed E-state index contributed by atoms with van der Waals surface area (Å²) in [6.07, 6.45) is 0. The van der Waals surface area contributed by atoms with E-state index in [-0.39, 0.29) is 0 Å². The molecule has 0 spiro atoms. The van der Waals surface area contributed by atoms with E-state index in [4.69, 9.17) is 5.26 Å². The van der Waals surface area contributed by atoms with Crippen molar-refractivity contribution in [1.29, 1.82) is 5.26 Å². The van der Waals surface area contributed by atoms with Crippen molar-refractivity contribution >= 4 is 0 Å². The number of benzene rings is 1. The Balaban J connectivity index is 1.68. The number of likely N-dealkylation sites (tertiary alicyclic amines) is 1. The Kier molecular flexibility index (Phi) is 3.07. The van der Waals surface area contributed by atoms with E-state index in [9.17, 15) is 0 Å². The smallest absolute Gasteiger partial charge is 0.0991 e. The van der Waals surface area contributed by atoms with Gasteiger partial charge in [-0.25, -0.2) is 0 Å². The van der Waals surface area contributed by atoms with Gasteiger partial charge in [0, 0.05) is 19.1 Å². The number of nitriles is 1. The second-order valence-electron chi connectivity index (χ2n) is 5.56. The van der Waals surface area contributed by atoms with E-state index >= 15 is 0 Å². The molecule has 2 aliphatic rings. The maximum absolute atomic E-state index is 8.80. The Morgan fingerprint density at radius 3 is 2.78 bits per heavy atom. The van der Waals surface area contributed by atoms with Crippen molar-refractivity contribution in [2.75, 3.05) is 19.6 Å². The summed E-state index contributed by atoms with van der Waals surface area (Å²) < 4.78 is 0. The van der Waals surface area contributed by atoms with Crippen LogP contribution in [0.3, 0.4) is 0 Å². The average Bonchev–Trinajstić information content (AvgIpc) is 2.95. The van der Waals surface area contributed by atoms with Gasteiger partial charge in [-0.05, 0) is 49.5 Å². The van der Waals surface area contributed by atoms with Crippen LogP contribution in [0.4, 0.5) is 0 Å². The molecule has 1 N–H and O–H groups in total. The fourth-order valence-electron chi connectivity index (χ4n) is 3.38. The quantitative estimate of drug-likeness (QED) is 0.855. The van der Waals surface area contributed by atoms with E-state index in [0.29, 0.717) is 6.04 Å². The highest BCUT2D eigenvalue weighted by molar-refractivity contribution is 5.31. The molecular formula is C15H19N3. The van der Waals surface area contributed by atoms with Crippen molar-refractivity contribution in [3.05, 3.63) is 35.4 Å². The molecule has 2 aliphatic heterocycles. The Morgan fingerprint density at radius 2 is 2.11 bits per heavy atom.